The second-order valence-electron chi connectivity index (χ2n) is 3.86. The fourth-order valence-electron chi connectivity index (χ4n) is 2.28. The van der Waals surface area contributed by atoms with Gasteiger partial charge >= 0.3 is 0 Å². The summed E-state index contributed by atoms with van der Waals surface area (Å²) in [6.07, 6.45) is 3.31. The molecule has 1 aliphatic rings. The molecule has 0 N–H and O–H groups in total. The van der Waals surface area contributed by atoms with Gasteiger partial charge in [0, 0.05) is 23.3 Å². The Hall–Kier alpha value is -1.38. The summed E-state index contributed by atoms with van der Waals surface area (Å²) in [5.74, 6) is 0. The van der Waals surface area contributed by atoms with E-state index in [1.807, 2.05) is 30.3 Å². The molecule has 0 aromatic heterocycles. The third-order valence-electron chi connectivity index (χ3n) is 3.09. The van der Waals surface area contributed by atoms with Crippen molar-refractivity contribution in [3.05, 3.63) is 46.0 Å². The van der Waals surface area contributed by atoms with Gasteiger partial charge in [-0.05, 0) is 12.8 Å². The predicted molar refractivity (Wildman–Crippen MR) is 53.6 cm³/mol. The van der Waals surface area contributed by atoms with Gasteiger partial charge in [-0.25, -0.2) is 0 Å². The Morgan fingerprint density at radius 2 is 1.71 bits per heavy atom. The molecule has 0 saturated heterocycles. The number of benzene rings is 1. The van der Waals surface area contributed by atoms with Crippen LogP contribution in [0, 0.1) is 10.1 Å². The molecule has 0 spiro atoms. The standard InChI is InChI=1S/C11H13NO2/c13-12(14)11(8-4-5-9-11)10-6-2-1-3-7-10/h1-3,6-7H,4-5,8-9H2. The molecule has 0 amide bonds. The van der Waals surface area contributed by atoms with Gasteiger partial charge in [-0.15, -0.1) is 0 Å². The van der Waals surface area contributed by atoms with Gasteiger partial charge in [0.1, 0.15) is 0 Å². The van der Waals surface area contributed by atoms with Crippen LogP contribution < -0.4 is 0 Å². The van der Waals surface area contributed by atoms with Crippen molar-refractivity contribution in [2.45, 2.75) is 31.2 Å². The van der Waals surface area contributed by atoms with Crippen molar-refractivity contribution in [2.75, 3.05) is 0 Å². The lowest BCUT2D eigenvalue weighted by Gasteiger charge is -2.19. The topological polar surface area (TPSA) is 43.1 Å². The first-order chi connectivity index (χ1) is 6.76. The van der Waals surface area contributed by atoms with Crippen LogP contribution in [0.3, 0.4) is 0 Å². The molecular formula is C11H13NO2. The zero-order chi connectivity index (χ0) is 10.0. The third-order valence-corrected chi connectivity index (χ3v) is 3.09. The highest BCUT2D eigenvalue weighted by atomic mass is 16.6. The van der Waals surface area contributed by atoms with Crippen molar-refractivity contribution in [3.8, 4) is 0 Å². The average Bonchev–Trinajstić information content (AvgIpc) is 2.69. The van der Waals surface area contributed by atoms with Crippen molar-refractivity contribution in [1.29, 1.82) is 0 Å². The molecule has 0 heterocycles. The fraction of sp³-hybridized carbons (Fsp3) is 0.455. The first-order valence-electron chi connectivity index (χ1n) is 4.96. The van der Waals surface area contributed by atoms with Crippen LogP contribution >= 0.6 is 0 Å². The Morgan fingerprint density at radius 3 is 2.21 bits per heavy atom. The molecule has 74 valence electrons. The van der Waals surface area contributed by atoms with Gasteiger partial charge in [0.05, 0.1) is 0 Å². The zero-order valence-corrected chi connectivity index (χ0v) is 7.98. The molecule has 1 fully saturated rings. The molecule has 2 rings (SSSR count). The summed E-state index contributed by atoms with van der Waals surface area (Å²) in [6, 6.07) is 9.38. The summed E-state index contributed by atoms with van der Waals surface area (Å²) in [4.78, 5) is 11.0. The Bertz CT molecular complexity index is 328. The Balaban J connectivity index is 2.42. The molecule has 0 aliphatic heterocycles. The minimum Gasteiger partial charge on any atom is -0.264 e. The summed E-state index contributed by atoms with van der Waals surface area (Å²) in [5.41, 5.74) is 0.0730. The van der Waals surface area contributed by atoms with Gasteiger partial charge in [0.2, 0.25) is 5.54 Å². The molecule has 1 aromatic rings. The zero-order valence-electron chi connectivity index (χ0n) is 7.98. The van der Waals surface area contributed by atoms with E-state index in [2.05, 4.69) is 0 Å². The molecule has 14 heavy (non-hydrogen) atoms. The first kappa shape index (κ1) is 9.19. The van der Waals surface area contributed by atoms with Crippen molar-refractivity contribution in [2.24, 2.45) is 0 Å². The van der Waals surface area contributed by atoms with Crippen molar-refractivity contribution < 1.29 is 4.92 Å². The van der Waals surface area contributed by atoms with E-state index in [0.29, 0.717) is 12.8 Å². The fourth-order valence-corrected chi connectivity index (χ4v) is 2.28. The molecule has 1 aromatic carbocycles. The smallest absolute Gasteiger partial charge is 0.247 e. The second kappa shape index (κ2) is 3.40. The number of nitrogens with zero attached hydrogens (tertiary/aromatic N) is 1. The predicted octanol–water partition coefficient (Wildman–Crippen LogP) is 2.73. The largest absolute Gasteiger partial charge is 0.264 e. The van der Waals surface area contributed by atoms with Crippen LogP contribution in [0.1, 0.15) is 31.2 Å². The van der Waals surface area contributed by atoms with Crippen LogP contribution in [0.5, 0.6) is 0 Å². The molecule has 3 nitrogen and oxygen atoms in total. The normalized spacial score (nSPS) is 19.4. The minimum atomic E-state index is -0.790. The van der Waals surface area contributed by atoms with E-state index in [0.717, 1.165) is 18.4 Å². The maximum absolute atomic E-state index is 11.1. The maximum Gasteiger partial charge on any atom is 0.247 e. The minimum absolute atomic E-state index is 0.102. The Kier molecular flexibility index (Phi) is 2.23. The van der Waals surface area contributed by atoms with Gasteiger partial charge < -0.3 is 0 Å². The molecule has 0 unspecified atom stereocenters. The van der Waals surface area contributed by atoms with E-state index in [4.69, 9.17) is 0 Å². The van der Waals surface area contributed by atoms with Crippen LogP contribution in [-0.4, -0.2) is 4.92 Å². The van der Waals surface area contributed by atoms with Gasteiger partial charge in [-0.1, -0.05) is 30.3 Å². The second-order valence-corrected chi connectivity index (χ2v) is 3.86. The number of nitro groups is 1. The average molecular weight is 191 g/mol. The first-order valence-corrected chi connectivity index (χ1v) is 4.96. The van der Waals surface area contributed by atoms with E-state index in [1.54, 1.807) is 0 Å². The summed E-state index contributed by atoms with van der Waals surface area (Å²) < 4.78 is 0. The summed E-state index contributed by atoms with van der Waals surface area (Å²) >= 11 is 0. The van der Waals surface area contributed by atoms with Gasteiger partial charge in [0.15, 0.2) is 0 Å². The molecule has 0 atom stereocenters. The van der Waals surface area contributed by atoms with Crippen molar-refractivity contribution >= 4 is 0 Å². The molecule has 0 bridgehead atoms. The summed E-state index contributed by atoms with van der Waals surface area (Å²) in [6.45, 7) is 0. The summed E-state index contributed by atoms with van der Waals surface area (Å²) in [7, 11) is 0. The van der Waals surface area contributed by atoms with Crippen LogP contribution in [0.4, 0.5) is 0 Å². The third kappa shape index (κ3) is 1.29. The van der Waals surface area contributed by atoms with E-state index in [1.165, 1.54) is 0 Å². The molecule has 1 aliphatic carbocycles. The quantitative estimate of drug-likeness (QED) is 0.532. The molecule has 3 heteroatoms. The van der Waals surface area contributed by atoms with E-state index >= 15 is 0 Å². The number of hydrogen-bond acceptors (Lipinski definition) is 2. The Morgan fingerprint density at radius 1 is 1.14 bits per heavy atom. The lowest BCUT2D eigenvalue weighted by molar-refractivity contribution is -0.578. The number of hydrogen-bond donors (Lipinski definition) is 0. The Labute approximate surface area is 82.9 Å². The highest BCUT2D eigenvalue weighted by Gasteiger charge is 2.46. The number of rotatable bonds is 2. The summed E-state index contributed by atoms with van der Waals surface area (Å²) in [5, 5.41) is 11.1. The van der Waals surface area contributed by atoms with Crippen LogP contribution in [0.2, 0.25) is 0 Å². The van der Waals surface area contributed by atoms with Crippen molar-refractivity contribution in [1.82, 2.24) is 0 Å². The van der Waals surface area contributed by atoms with Gasteiger partial charge in [-0.3, -0.25) is 10.1 Å². The SMILES string of the molecule is O=[N+]([O-])C1(c2ccccc2)CCCC1. The van der Waals surface area contributed by atoms with Crippen LogP contribution in [0.25, 0.3) is 0 Å². The monoisotopic (exact) mass is 191 g/mol. The van der Waals surface area contributed by atoms with Crippen LogP contribution in [0.15, 0.2) is 30.3 Å². The van der Waals surface area contributed by atoms with E-state index in [-0.39, 0.29) is 4.92 Å². The maximum atomic E-state index is 11.1. The molecular weight excluding hydrogens is 178 g/mol. The molecule has 0 radical (unpaired) electrons. The van der Waals surface area contributed by atoms with Crippen LogP contribution in [-0.2, 0) is 5.54 Å². The van der Waals surface area contributed by atoms with E-state index in [9.17, 15) is 10.1 Å². The lowest BCUT2D eigenvalue weighted by Crippen LogP contribution is -2.31. The molecule has 1 saturated carbocycles. The van der Waals surface area contributed by atoms with Gasteiger partial charge in [0.25, 0.3) is 0 Å². The highest BCUT2D eigenvalue weighted by Crippen LogP contribution is 2.41. The highest BCUT2D eigenvalue weighted by molar-refractivity contribution is 5.23. The lowest BCUT2D eigenvalue weighted by atomic mass is 9.89. The van der Waals surface area contributed by atoms with Gasteiger partial charge in [-0.2, -0.15) is 0 Å². The van der Waals surface area contributed by atoms with Crippen molar-refractivity contribution in [3.63, 3.8) is 0 Å². The van der Waals surface area contributed by atoms with E-state index < -0.39 is 5.54 Å².